The summed E-state index contributed by atoms with van der Waals surface area (Å²) in [5, 5.41) is 60.4. The van der Waals surface area contributed by atoms with Gasteiger partial charge in [-0.1, -0.05) is 82.2 Å². The summed E-state index contributed by atoms with van der Waals surface area (Å²) in [6.07, 6.45) is 2.27. The second-order valence-corrected chi connectivity index (χ2v) is 23.8. The number of amides is 7. The summed E-state index contributed by atoms with van der Waals surface area (Å²) >= 11 is 0. The fourth-order valence-electron chi connectivity index (χ4n) is 9.43. The predicted molar refractivity (Wildman–Crippen MR) is 321 cm³/mol. The quantitative estimate of drug-likeness (QED) is 0.0386. The Morgan fingerprint density at radius 3 is 1.35 bits per heavy atom. The molecule has 0 aromatic carbocycles. The van der Waals surface area contributed by atoms with Gasteiger partial charge in [0, 0.05) is 40.9 Å². The van der Waals surface area contributed by atoms with Crippen LogP contribution in [-0.2, 0) is 52.7 Å². The number of carbonyl (C=O) groups is 11. The van der Waals surface area contributed by atoms with Crippen molar-refractivity contribution in [2.24, 2.45) is 35.3 Å². The van der Waals surface area contributed by atoms with Crippen LogP contribution >= 0.6 is 0 Å². The van der Waals surface area contributed by atoms with E-state index in [1.54, 1.807) is 47.7 Å². The molecule has 27 nitrogen and oxygen atoms in total. The molecule has 12 N–H and O–H groups in total. The van der Waals surface area contributed by atoms with Gasteiger partial charge in [0.2, 0.25) is 46.9 Å². The first-order valence-corrected chi connectivity index (χ1v) is 29.1. The fourth-order valence-corrected chi connectivity index (χ4v) is 9.43. The van der Waals surface area contributed by atoms with Crippen LogP contribution in [0.5, 0.6) is 0 Å². The van der Waals surface area contributed by atoms with E-state index in [0.717, 1.165) is 0 Å². The average molecular weight is 1210 g/mol. The molecule has 0 aliphatic heterocycles. The third kappa shape index (κ3) is 23.8. The highest BCUT2D eigenvalue weighted by Crippen LogP contribution is 2.35. The normalized spacial score (nSPS) is 16.2. The van der Waals surface area contributed by atoms with E-state index >= 15 is 0 Å². The zero-order chi connectivity index (χ0) is 66.9. The molecule has 490 valence electrons. The van der Waals surface area contributed by atoms with Crippen molar-refractivity contribution in [1.29, 1.82) is 0 Å². The number of allylic oxidation sites excluding steroid dienone is 2. The van der Waals surface area contributed by atoms with Crippen LogP contribution in [0.4, 0.5) is 0 Å². The van der Waals surface area contributed by atoms with Gasteiger partial charge in [0.1, 0.15) is 48.3 Å². The van der Waals surface area contributed by atoms with Crippen LogP contribution in [0.2, 0.25) is 0 Å². The van der Waals surface area contributed by atoms with Gasteiger partial charge in [0.25, 0.3) is 0 Å². The molecule has 0 bridgehead atoms. The molecule has 11 atom stereocenters. The third-order valence-corrected chi connectivity index (χ3v) is 14.8. The van der Waals surface area contributed by atoms with Gasteiger partial charge in [0.15, 0.2) is 5.78 Å². The Balaban J connectivity index is 0. The van der Waals surface area contributed by atoms with Crippen molar-refractivity contribution in [3.63, 3.8) is 0 Å². The molecule has 27 heteroatoms. The average Bonchev–Trinajstić information content (AvgIpc) is 3.38. The molecular formula is C58H107N11O16. The van der Waals surface area contributed by atoms with Crippen LogP contribution in [0.3, 0.4) is 0 Å². The maximum atomic E-state index is 14.8. The summed E-state index contributed by atoms with van der Waals surface area (Å²) < 4.78 is 0. The Kier molecular flexibility index (Phi) is 36.1. The number of carboxylic acids is 3. The molecule has 0 saturated heterocycles. The van der Waals surface area contributed by atoms with Gasteiger partial charge in [-0.15, -0.1) is 0 Å². The zero-order valence-corrected chi connectivity index (χ0v) is 54.4. The van der Waals surface area contributed by atoms with Crippen LogP contribution in [0.15, 0.2) is 11.8 Å². The zero-order valence-electron chi connectivity index (χ0n) is 54.4. The lowest BCUT2D eigenvalue weighted by Crippen LogP contribution is -2.70. The lowest BCUT2D eigenvalue weighted by Gasteiger charge is -2.47. The van der Waals surface area contributed by atoms with E-state index in [2.05, 4.69) is 26.6 Å². The molecule has 7 amide bonds. The number of nitrogens with one attached hydrogen (secondary N) is 5. The number of hydrogen-bond donors (Lipinski definition) is 11. The molecule has 0 heterocycles. The van der Waals surface area contributed by atoms with Crippen LogP contribution < -0.4 is 32.3 Å². The predicted octanol–water partition coefficient (Wildman–Crippen LogP) is 0.301. The summed E-state index contributed by atoms with van der Waals surface area (Å²) in [7, 11) is 10.2. The Morgan fingerprint density at radius 2 is 1.04 bits per heavy atom. The Bertz CT molecular complexity index is 2260. The highest BCUT2D eigenvalue weighted by molar-refractivity contribution is 6.12. The van der Waals surface area contributed by atoms with E-state index in [-0.39, 0.29) is 43.6 Å². The molecule has 0 saturated carbocycles. The number of carboxylic acid groups (broad SMARTS) is 3. The summed E-state index contributed by atoms with van der Waals surface area (Å²) in [6, 6.07) is -9.80. The SMILES string of the molecule is CCC(N)C(=O)O.CNC(CO)C(=O)NC(C(=O)N(C)C(CC(C)C)C(=O)NC(C)C(=O)NC(C)C(=O)N(C)C(CC(C)C)C(=O)N(C)C(CC(C)C)C(=O)N(C)C(C(=O)[C@@](C(=O)O)(C(C)O)N(C)C1=CCC1)C(C)C)C(C)C.CNCC(=O)O. The van der Waals surface area contributed by atoms with Crippen molar-refractivity contribution in [1.82, 2.24) is 51.1 Å². The van der Waals surface area contributed by atoms with Gasteiger partial charge in [-0.25, -0.2) is 4.79 Å². The minimum absolute atomic E-state index is 0.0417. The first-order chi connectivity index (χ1) is 39.1. The largest absolute Gasteiger partial charge is 0.480 e. The summed E-state index contributed by atoms with van der Waals surface area (Å²) in [6.45, 7) is 23.3. The van der Waals surface area contributed by atoms with Gasteiger partial charge in [-0.05, 0) is 103 Å². The van der Waals surface area contributed by atoms with Crippen LogP contribution in [0, 0.1) is 29.6 Å². The van der Waals surface area contributed by atoms with E-state index < -0.39 is 150 Å². The lowest BCUT2D eigenvalue weighted by molar-refractivity contribution is -0.168. The number of aliphatic hydroxyl groups excluding tert-OH is 2. The van der Waals surface area contributed by atoms with E-state index in [0.29, 0.717) is 25.0 Å². The van der Waals surface area contributed by atoms with Gasteiger partial charge < -0.3 is 82.3 Å². The molecule has 0 radical (unpaired) electrons. The van der Waals surface area contributed by atoms with E-state index in [1.807, 2.05) is 41.5 Å². The standard InChI is InChI=1S/C51H91N9O12.C4H9NO2.C3H7NO2/c1-27(2)23-37(56(15)49(70)40(30(7)8)55-44(65)36(26-61)52-14)45(66)53-32(11)43(64)54-33(12)46(67)57(16)38(24-28(3)4)47(68)58(17)39(25-29(5)6)48(69)59(18)41(31(9)10)42(63)51(34(13)62,50(71)72)60(19)35-21-20-22-35;1-2-3(5)4(6)7;1-4-2-3(5)6/h21,27-34,36-41,52,61-62H,20,22-26H2,1-19H3,(H,53,66)(H,54,64)(H,55,65)(H,71,72);3H,2,5H2,1H3,(H,6,7);4H,2H2,1H3,(H,5,6)/t32?,33?,34?,36?,37?,38?,39?,40?,41?,51-;;/m1../s1. The van der Waals surface area contributed by atoms with Gasteiger partial charge in [-0.3, -0.25) is 47.9 Å². The number of aliphatic carboxylic acids is 3. The minimum Gasteiger partial charge on any atom is -0.480 e. The highest BCUT2D eigenvalue weighted by atomic mass is 16.4. The first kappa shape index (κ1) is 80.8. The molecule has 1 aliphatic carbocycles. The van der Waals surface area contributed by atoms with Crippen molar-refractivity contribution in [2.75, 3.05) is 62.5 Å². The Labute approximate surface area is 503 Å². The molecule has 0 spiro atoms. The molecule has 0 aromatic rings. The maximum absolute atomic E-state index is 14.8. The summed E-state index contributed by atoms with van der Waals surface area (Å²) in [4.78, 5) is 151. The van der Waals surface area contributed by atoms with Crippen molar-refractivity contribution < 1.29 is 78.3 Å². The first-order valence-electron chi connectivity index (χ1n) is 29.1. The Morgan fingerprint density at radius 1 is 0.600 bits per heavy atom. The number of ketones is 1. The monoisotopic (exact) mass is 1210 g/mol. The van der Waals surface area contributed by atoms with Crippen molar-refractivity contribution in [3.8, 4) is 0 Å². The van der Waals surface area contributed by atoms with Crippen LogP contribution in [0.25, 0.3) is 0 Å². The molecular weight excluding hydrogens is 1110 g/mol. The van der Waals surface area contributed by atoms with Crippen molar-refractivity contribution in [3.05, 3.63) is 11.8 Å². The number of likely N-dealkylation sites (N-methyl/N-ethyl adjacent to an activating group) is 7. The van der Waals surface area contributed by atoms with Gasteiger partial charge in [0.05, 0.1) is 25.3 Å². The second kappa shape index (κ2) is 38.0. The summed E-state index contributed by atoms with van der Waals surface area (Å²) in [5.41, 5.74) is 3.16. The fraction of sp³-hybridized carbons (Fsp3) is 0.776. The van der Waals surface area contributed by atoms with Crippen LogP contribution in [-0.4, -0.2) is 244 Å². The van der Waals surface area contributed by atoms with Crippen molar-refractivity contribution >= 4 is 65.0 Å². The van der Waals surface area contributed by atoms with Crippen molar-refractivity contribution in [2.45, 2.75) is 201 Å². The van der Waals surface area contributed by atoms with E-state index in [4.69, 9.17) is 15.9 Å². The maximum Gasteiger partial charge on any atom is 0.340 e. The molecule has 1 rings (SSSR count). The van der Waals surface area contributed by atoms with Gasteiger partial charge in [-0.2, -0.15) is 0 Å². The molecule has 0 fully saturated rings. The lowest BCUT2D eigenvalue weighted by atomic mass is 9.78. The summed E-state index contributed by atoms with van der Waals surface area (Å²) in [5.74, 6) is -10.0. The smallest absolute Gasteiger partial charge is 0.340 e. The Hall–Kier alpha value is -6.29. The number of nitrogens with zero attached hydrogens (tertiary/aromatic N) is 5. The molecule has 85 heavy (non-hydrogen) atoms. The molecule has 1 aliphatic rings. The van der Waals surface area contributed by atoms with Crippen LogP contribution in [0.1, 0.15) is 135 Å². The topological polar surface area (TPSA) is 391 Å². The van der Waals surface area contributed by atoms with E-state index in [1.165, 1.54) is 87.6 Å². The molecule has 0 aromatic heterocycles. The number of carbonyl (C=O) groups excluding carboxylic acids is 8. The minimum atomic E-state index is -2.43. The highest BCUT2D eigenvalue weighted by Gasteiger charge is 2.58. The third-order valence-electron chi connectivity index (χ3n) is 14.8. The number of rotatable bonds is 34. The van der Waals surface area contributed by atoms with Gasteiger partial charge >= 0.3 is 17.9 Å². The number of nitrogens with two attached hydrogens (primary N) is 1. The second-order valence-electron chi connectivity index (χ2n) is 23.8. The van der Waals surface area contributed by atoms with E-state index in [9.17, 15) is 68.1 Å². The number of hydrogen-bond acceptors (Lipinski definition) is 17. The molecule has 10 unspecified atom stereocenters. The number of Topliss-reactive ketones (excluding diaryl/α,β-unsaturated/α-hetero) is 1. The number of aliphatic hydroxyl groups is 2.